The Balaban J connectivity index is 2.44. The van der Waals surface area contributed by atoms with Gasteiger partial charge in [0, 0.05) is 11.6 Å². The van der Waals surface area contributed by atoms with Gasteiger partial charge in [0.15, 0.2) is 6.61 Å². The van der Waals surface area contributed by atoms with Crippen molar-refractivity contribution in [3.8, 4) is 0 Å². The van der Waals surface area contributed by atoms with Gasteiger partial charge < -0.3 is 15.4 Å². The monoisotopic (exact) mass is 334 g/mol. The van der Waals surface area contributed by atoms with Crippen LogP contribution in [0.5, 0.6) is 0 Å². The molecule has 0 aliphatic carbocycles. The molecule has 0 saturated carbocycles. The molecule has 0 saturated heterocycles. The molecule has 1 aromatic rings. The fourth-order valence-corrected chi connectivity index (χ4v) is 2.15. The largest absolute Gasteiger partial charge is 0.454 e. The predicted molar refractivity (Wildman–Crippen MR) is 91.6 cm³/mol. The van der Waals surface area contributed by atoms with Gasteiger partial charge in [-0.25, -0.2) is 4.79 Å². The normalized spacial score (nSPS) is 11.7. The number of carbonyl (C=O) groups excluding carboxylic acids is 3. The highest BCUT2D eigenvalue weighted by atomic mass is 16.5. The number of benzene rings is 1. The van der Waals surface area contributed by atoms with E-state index >= 15 is 0 Å². The summed E-state index contributed by atoms with van der Waals surface area (Å²) in [6.45, 7) is 7.01. The zero-order valence-corrected chi connectivity index (χ0v) is 14.7. The van der Waals surface area contributed by atoms with Gasteiger partial charge in [-0.1, -0.05) is 31.5 Å². The molecule has 6 nitrogen and oxygen atoms in total. The Bertz CT molecular complexity index is 582. The Morgan fingerprint density at radius 2 is 1.79 bits per heavy atom. The minimum absolute atomic E-state index is 0.0784. The van der Waals surface area contributed by atoms with Crippen molar-refractivity contribution < 1.29 is 19.1 Å². The molecular weight excluding hydrogens is 308 g/mol. The van der Waals surface area contributed by atoms with E-state index in [1.54, 1.807) is 18.2 Å². The molecule has 1 rings (SSSR count). The van der Waals surface area contributed by atoms with Crippen LogP contribution in [0.3, 0.4) is 0 Å². The van der Waals surface area contributed by atoms with Gasteiger partial charge in [-0.3, -0.25) is 9.59 Å². The van der Waals surface area contributed by atoms with Crippen LogP contribution >= 0.6 is 0 Å². The molecule has 0 aliphatic rings. The summed E-state index contributed by atoms with van der Waals surface area (Å²) in [5, 5.41) is 5.34. The van der Waals surface area contributed by atoms with Crippen LogP contribution in [-0.2, 0) is 14.3 Å². The zero-order valence-electron chi connectivity index (χ0n) is 14.7. The van der Waals surface area contributed by atoms with Gasteiger partial charge in [0.2, 0.25) is 0 Å². The van der Waals surface area contributed by atoms with Crippen molar-refractivity contribution in [2.45, 2.75) is 52.6 Å². The second-order valence-electron chi connectivity index (χ2n) is 5.75. The molecule has 132 valence electrons. The van der Waals surface area contributed by atoms with Gasteiger partial charge in [-0.05, 0) is 38.8 Å². The minimum atomic E-state index is -0.834. The van der Waals surface area contributed by atoms with E-state index in [-0.39, 0.29) is 24.5 Å². The quantitative estimate of drug-likeness (QED) is 0.712. The first-order valence-corrected chi connectivity index (χ1v) is 8.20. The Morgan fingerprint density at radius 3 is 2.38 bits per heavy atom. The second-order valence-corrected chi connectivity index (χ2v) is 5.75. The van der Waals surface area contributed by atoms with E-state index in [0.717, 1.165) is 18.4 Å². The van der Waals surface area contributed by atoms with Crippen molar-refractivity contribution in [2.24, 2.45) is 0 Å². The number of esters is 1. The molecule has 0 aromatic heterocycles. The summed E-state index contributed by atoms with van der Waals surface area (Å²) in [6.07, 6.45) is 1.64. The molecule has 0 unspecified atom stereocenters. The first kappa shape index (κ1) is 19.7. The van der Waals surface area contributed by atoms with Crippen LogP contribution in [-0.4, -0.2) is 36.5 Å². The predicted octanol–water partition coefficient (Wildman–Crippen LogP) is 1.96. The standard InChI is InChI=1S/C18H26N2O4/c1-5-15(6-2)20-16(21)11-24-18(23)13(4)19-17(22)14-9-7-8-12(3)10-14/h7-10,13,15H,5-6,11H2,1-4H3,(H,19,22)(H,20,21)/t13-/m0/s1. The average molecular weight is 334 g/mol. The highest BCUT2D eigenvalue weighted by Crippen LogP contribution is 2.04. The van der Waals surface area contributed by atoms with Gasteiger partial charge in [-0.15, -0.1) is 0 Å². The molecule has 0 aliphatic heterocycles. The van der Waals surface area contributed by atoms with E-state index in [2.05, 4.69) is 10.6 Å². The molecule has 1 atom stereocenters. The molecule has 2 amide bonds. The fraction of sp³-hybridized carbons (Fsp3) is 0.500. The van der Waals surface area contributed by atoms with Crippen LogP contribution in [0.4, 0.5) is 0 Å². The van der Waals surface area contributed by atoms with Crippen LogP contribution < -0.4 is 10.6 Å². The maximum Gasteiger partial charge on any atom is 0.328 e. The van der Waals surface area contributed by atoms with Gasteiger partial charge in [0.1, 0.15) is 6.04 Å². The molecule has 0 spiro atoms. The van der Waals surface area contributed by atoms with Gasteiger partial charge in [0.25, 0.3) is 11.8 Å². The highest BCUT2D eigenvalue weighted by molar-refractivity contribution is 5.97. The molecule has 24 heavy (non-hydrogen) atoms. The lowest BCUT2D eigenvalue weighted by molar-refractivity contribution is -0.150. The molecule has 6 heteroatoms. The number of amides is 2. The van der Waals surface area contributed by atoms with Gasteiger partial charge in [-0.2, -0.15) is 0 Å². The van der Waals surface area contributed by atoms with Crippen LogP contribution in [0.25, 0.3) is 0 Å². The molecule has 0 radical (unpaired) electrons. The van der Waals surface area contributed by atoms with Crippen molar-refractivity contribution in [1.82, 2.24) is 10.6 Å². The summed E-state index contributed by atoms with van der Waals surface area (Å²) in [5.41, 5.74) is 1.43. The smallest absolute Gasteiger partial charge is 0.328 e. The SMILES string of the molecule is CCC(CC)NC(=O)COC(=O)[C@H](C)NC(=O)c1cccc(C)c1. The third-order valence-corrected chi connectivity index (χ3v) is 3.68. The maximum absolute atomic E-state index is 12.1. The van der Waals surface area contributed by atoms with E-state index in [9.17, 15) is 14.4 Å². The number of aryl methyl sites for hydroxylation is 1. The Hall–Kier alpha value is -2.37. The number of hydrogen-bond donors (Lipinski definition) is 2. The van der Waals surface area contributed by atoms with Crippen molar-refractivity contribution in [2.75, 3.05) is 6.61 Å². The van der Waals surface area contributed by atoms with E-state index in [1.165, 1.54) is 6.92 Å². The summed E-state index contributed by atoms with van der Waals surface area (Å²) in [4.78, 5) is 35.7. The number of hydrogen-bond acceptors (Lipinski definition) is 4. The summed E-state index contributed by atoms with van der Waals surface area (Å²) < 4.78 is 4.95. The molecular formula is C18H26N2O4. The third kappa shape index (κ3) is 6.40. The molecule has 0 bridgehead atoms. The van der Waals surface area contributed by atoms with Crippen LogP contribution in [0, 0.1) is 6.92 Å². The number of carbonyl (C=O) groups is 3. The van der Waals surface area contributed by atoms with Gasteiger partial charge in [0.05, 0.1) is 0 Å². The highest BCUT2D eigenvalue weighted by Gasteiger charge is 2.19. The molecule has 1 aromatic carbocycles. The van der Waals surface area contributed by atoms with Crippen molar-refractivity contribution in [1.29, 1.82) is 0 Å². The summed E-state index contributed by atoms with van der Waals surface area (Å²) in [7, 11) is 0. The number of rotatable bonds is 8. The maximum atomic E-state index is 12.1. The van der Waals surface area contributed by atoms with Crippen LogP contribution in [0.15, 0.2) is 24.3 Å². The molecule has 0 fully saturated rings. The lowest BCUT2D eigenvalue weighted by atomic mass is 10.1. The Morgan fingerprint density at radius 1 is 1.12 bits per heavy atom. The van der Waals surface area contributed by atoms with Crippen molar-refractivity contribution in [3.63, 3.8) is 0 Å². The number of nitrogens with one attached hydrogen (secondary N) is 2. The Kier molecular flexibility index (Phi) is 7.95. The molecule has 0 heterocycles. The van der Waals surface area contributed by atoms with E-state index in [1.807, 2.05) is 26.8 Å². The average Bonchev–Trinajstić information content (AvgIpc) is 2.57. The van der Waals surface area contributed by atoms with Crippen molar-refractivity contribution in [3.05, 3.63) is 35.4 Å². The zero-order chi connectivity index (χ0) is 18.1. The van der Waals surface area contributed by atoms with E-state index in [4.69, 9.17) is 4.74 Å². The van der Waals surface area contributed by atoms with Crippen LogP contribution in [0.2, 0.25) is 0 Å². The Labute approximate surface area is 143 Å². The van der Waals surface area contributed by atoms with Crippen molar-refractivity contribution >= 4 is 17.8 Å². The molecule has 2 N–H and O–H groups in total. The van der Waals surface area contributed by atoms with E-state index in [0.29, 0.717) is 5.56 Å². The van der Waals surface area contributed by atoms with Crippen LogP contribution in [0.1, 0.15) is 49.5 Å². The third-order valence-electron chi connectivity index (χ3n) is 3.68. The van der Waals surface area contributed by atoms with E-state index < -0.39 is 12.0 Å². The fourth-order valence-electron chi connectivity index (χ4n) is 2.15. The first-order valence-electron chi connectivity index (χ1n) is 8.20. The van der Waals surface area contributed by atoms with Gasteiger partial charge >= 0.3 is 5.97 Å². The first-order chi connectivity index (χ1) is 11.4. The summed E-state index contributed by atoms with van der Waals surface area (Å²) >= 11 is 0. The number of ether oxygens (including phenoxy) is 1. The lowest BCUT2D eigenvalue weighted by Crippen LogP contribution is -2.42. The summed E-state index contributed by atoms with van der Waals surface area (Å²) in [6, 6.07) is 6.30. The summed E-state index contributed by atoms with van der Waals surface area (Å²) in [5.74, 6) is -1.34. The minimum Gasteiger partial charge on any atom is -0.454 e. The lowest BCUT2D eigenvalue weighted by Gasteiger charge is -2.16. The topological polar surface area (TPSA) is 84.5 Å². The second kappa shape index (κ2) is 9.70.